The Balaban J connectivity index is 1.91. The highest BCUT2D eigenvalue weighted by molar-refractivity contribution is 5.87. The summed E-state index contributed by atoms with van der Waals surface area (Å²) in [6.07, 6.45) is 0.243. The number of esters is 1. The van der Waals surface area contributed by atoms with Crippen molar-refractivity contribution in [1.29, 1.82) is 0 Å². The molecule has 0 aliphatic rings. The zero-order valence-corrected chi connectivity index (χ0v) is 13.8. The number of carbonyl (C=O) groups excluding carboxylic acids is 2. The van der Waals surface area contributed by atoms with Crippen LogP contribution in [0.3, 0.4) is 0 Å². The van der Waals surface area contributed by atoms with E-state index < -0.39 is 12.0 Å². The molecule has 2 aromatic rings. The van der Waals surface area contributed by atoms with E-state index in [-0.39, 0.29) is 18.2 Å². The van der Waals surface area contributed by atoms with Gasteiger partial charge in [0.1, 0.15) is 6.04 Å². The Morgan fingerprint density at radius 2 is 1.74 bits per heavy atom. The molecule has 0 spiro atoms. The Morgan fingerprint density at radius 3 is 2.43 bits per heavy atom. The van der Waals surface area contributed by atoms with Crippen LogP contribution in [0.4, 0.5) is 0 Å². The summed E-state index contributed by atoms with van der Waals surface area (Å²) in [7, 11) is 0. The van der Waals surface area contributed by atoms with Crippen molar-refractivity contribution >= 4 is 22.6 Å². The van der Waals surface area contributed by atoms with Gasteiger partial charge >= 0.3 is 5.97 Å². The van der Waals surface area contributed by atoms with Crippen LogP contribution >= 0.6 is 0 Å². The smallest absolute Gasteiger partial charge is 0.328 e. The maximum Gasteiger partial charge on any atom is 0.328 e. The van der Waals surface area contributed by atoms with E-state index in [9.17, 15) is 9.59 Å². The van der Waals surface area contributed by atoms with Crippen molar-refractivity contribution in [2.45, 2.75) is 33.2 Å². The SMILES string of the molecule is CC(C)COC(=O)[C@H](C)NC(=O)Cc1ccc2ccccc2c1. The van der Waals surface area contributed by atoms with Crippen LogP contribution in [0.15, 0.2) is 42.5 Å². The van der Waals surface area contributed by atoms with Gasteiger partial charge in [-0.3, -0.25) is 4.79 Å². The summed E-state index contributed by atoms with van der Waals surface area (Å²) in [4.78, 5) is 23.9. The average molecular weight is 313 g/mol. The molecule has 2 rings (SSSR count). The minimum atomic E-state index is -0.637. The Kier molecular flexibility index (Phi) is 5.74. The molecule has 0 aliphatic heterocycles. The molecule has 4 nitrogen and oxygen atoms in total. The zero-order valence-electron chi connectivity index (χ0n) is 13.8. The summed E-state index contributed by atoms with van der Waals surface area (Å²) >= 11 is 0. The van der Waals surface area contributed by atoms with Crippen LogP contribution in [0, 0.1) is 5.92 Å². The van der Waals surface area contributed by atoms with Crippen LogP contribution in [-0.4, -0.2) is 24.5 Å². The van der Waals surface area contributed by atoms with E-state index >= 15 is 0 Å². The topological polar surface area (TPSA) is 55.4 Å². The second kappa shape index (κ2) is 7.77. The third-order valence-electron chi connectivity index (χ3n) is 3.47. The molecule has 1 atom stereocenters. The summed E-state index contributed by atoms with van der Waals surface area (Å²) < 4.78 is 5.12. The molecule has 0 heterocycles. The number of fused-ring (bicyclic) bond motifs is 1. The Bertz CT molecular complexity index is 694. The second-order valence-corrected chi connectivity index (χ2v) is 6.17. The third-order valence-corrected chi connectivity index (χ3v) is 3.47. The van der Waals surface area contributed by atoms with Crippen molar-refractivity contribution in [3.05, 3.63) is 48.0 Å². The van der Waals surface area contributed by atoms with E-state index in [4.69, 9.17) is 4.74 Å². The largest absolute Gasteiger partial charge is 0.464 e. The van der Waals surface area contributed by atoms with Gasteiger partial charge in [-0.1, -0.05) is 56.3 Å². The molecule has 1 N–H and O–H groups in total. The monoisotopic (exact) mass is 313 g/mol. The lowest BCUT2D eigenvalue weighted by molar-refractivity contribution is -0.148. The summed E-state index contributed by atoms with van der Waals surface area (Å²) in [6.45, 7) is 5.94. The van der Waals surface area contributed by atoms with E-state index in [1.54, 1.807) is 6.92 Å². The molecular weight excluding hydrogens is 290 g/mol. The Morgan fingerprint density at radius 1 is 1.04 bits per heavy atom. The molecule has 0 aliphatic carbocycles. The highest BCUT2D eigenvalue weighted by Gasteiger charge is 2.17. The molecule has 0 radical (unpaired) electrons. The molecule has 2 aromatic carbocycles. The standard InChI is InChI=1S/C19H23NO3/c1-13(2)12-23-19(22)14(3)20-18(21)11-15-8-9-16-6-4-5-7-17(16)10-15/h4-10,13-14H,11-12H2,1-3H3,(H,20,21)/t14-/m0/s1. The maximum atomic E-state index is 12.1. The number of hydrogen-bond acceptors (Lipinski definition) is 3. The van der Waals surface area contributed by atoms with Gasteiger partial charge in [-0.2, -0.15) is 0 Å². The average Bonchev–Trinajstić information content (AvgIpc) is 2.52. The van der Waals surface area contributed by atoms with E-state index in [2.05, 4.69) is 5.32 Å². The molecule has 0 bridgehead atoms. The Hall–Kier alpha value is -2.36. The normalized spacial score (nSPS) is 12.2. The highest BCUT2D eigenvalue weighted by atomic mass is 16.5. The predicted octanol–water partition coefficient (Wildman–Crippen LogP) is 3.09. The molecule has 0 fully saturated rings. The number of ether oxygens (including phenoxy) is 1. The lowest BCUT2D eigenvalue weighted by atomic mass is 10.0. The summed E-state index contributed by atoms with van der Waals surface area (Å²) in [5.74, 6) is -0.306. The van der Waals surface area contributed by atoms with E-state index in [1.807, 2.05) is 56.3 Å². The molecule has 1 amide bonds. The van der Waals surface area contributed by atoms with Gasteiger partial charge in [0.05, 0.1) is 13.0 Å². The number of nitrogens with one attached hydrogen (secondary N) is 1. The van der Waals surface area contributed by atoms with Crippen LogP contribution in [0.5, 0.6) is 0 Å². The number of amides is 1. The van der Waals surface area contributed by atoms with Crippen LogP contribution in [0.25, 0.3) is 10.8 Å². The number of hydrogen-bond donors (Lipinski definition) is 1. The van der Waals surface area contributed by atoms with Gasteiger partial charge in [0.15, 0.2) is 0 Å². The number of benzene rings is 2. The van der Waals surface area contributed by atoms with E-state index in [0.717, 1.165) is 16.3 Å². The third kappa shape index (κ3) is 5.09. The minimum absolute atomic E-state index is 0.186. The van der Waals surface area contributed by atoms with Crippen molar-refractivity contribution in [2.24, 2.45) is 5.92 Å². The van der Waals surface area contributed by atoms with Gasteiger partial charge in [-0.05, 0) is 29.2 Å². The number of rotatable bonds is 6. The maximum absolute atomic E-state index is 12.1. The van der Waals surface area contributed by atoms with E-state index in [0.29, 0.717) is 6.61 Å². The van der Waals surface area contributed by atoms with Crippen LogP contribution in [0.1, 0.15) is 26.3 Å². The van der Waals surface area contributed by atoms with Gasteiger partial charge in [0, 0.05) is 0 Å². The van der Waals surface area contributed by atoms with E-state index in [1.165, 1.54) is 0 Å². The molecule has 0 unspecified atom stereocenters. The van der Waals surface area contributed by atoms with Crippen molar-refractivity contribution in [3.63, 3.8) is 0 Å². The predicted molar refractivity (Wildman–Crippen MR) is 91.1 cm³/mol. The first-order valence-corrected chi connectivity index (χ1v) is 7.89. The fourth-order valence-electron chi connectivity index (χ4n) is 2.26. The van der Waals surface area contributed by atoms with Gasteiger partial charge in [-0.15, -0.1) is 0 Å². The fourth-order valence-corrected chi connectivity index (χ4v) is 2.26. The van der Waals surface area contributed by atoms with Crippen molar-refractivity contribution < 1.29 is 14.3 Å². The van der Waals surface area contributed by atoms with Crippen molar-refractivity contribution in [1.82, 2.24) is 5.32 Å². The summed E-state index contributed by atoms with van der Waals surface area (Å²) in [5, 5.41) is 4.93. The number of carbonyl (C=O) groups is 2. The van der Waals surface area contributed by atoms with Crippen molar-refractivity contribution in [2.75, 3.05) is 6.61 Å². The van der Waals surface area contributed by atoms with Gasteiger partial charge in [0.25, 0.3) is 0 Å². The zero-order chi connectivity index (χ0) is 16.8. The first kappa shape index (κ1) is 17.0. The fraction of sp³-hybridized carbons (Fsp3) is 0.368. The summed E-state index contributed by atoms with van der Waals surface area (Å²) in [5.41, 5.74) is 0.920. The minimum Gasteiger partial charge on any atom is -0.464 e. The molecule has 0 aromatic heterocycles. The highest BCUT2D eigenvalue weighted by Crippen LogP contribution is 2.16. The molecule has 23 heavy (non-hydrogen) atoms. The summed E-state index contributed by atoms with van der Waals surface area (Å²) in [6, 6.07) is 13.3. The van der Waals surface area contributed by atoms with Gasteiger partial charge in [-0.25, -0.2) is 4.79 Å². The molecule has 4 heteroatoms. The quantitative estimate of drug-likeness (QED) is 0.834. The lowest BCUT2D eigenvalue weighted by Gasteiger charge is -2.14. The van der Waals surface area contributed by atoms with Crippen LogP contribution < -0.4 is 5.32 Å². The molecule has 122 valence electrons. The molecule has 0 saturated heterocycles. The Labute approximate surface area is 136 Å². The first-order chi connectivity index (χ1) is 11.0. The first-order valence-electron chi connectivity index (χ1n) is 7.89. The second-order valence-electron chi connectivity index (χ2n) is 6.17. The van der Waals surface area contributed by atoms with Crippen molar-refractivity contribution in [3.8, 4) is 0 Å². The van der Waals surface area contributed by atoms with Crippen LogP contribution in [0.2, 0.25) is 0 Å². The molecular formula is C19H23NO3. The molecule has 0 saturated carbocycles. The van der Waals surface area contributed by atoms with Gasteiger partial charge in [0.2, 0.25) is 5.91 Å². The van der Waals surface area contributed by atoms with Crippen LogP contribution in [-0.2, 0) is 20.7 Å². The lowest BCUT2D eigenvalue weighted by Crippen LogP contribution is -2.40. The van der Waals surface area contributed by atoms with Gasteiger partial charge < -0.3 is 10.1 Å².